The fourth-order valence-corrected chi connectivity index (χ4v) is 1.52. The standard InChI is InChI=1S/C12H7FO5/c1-17-11(15)8-9(14)12(16)18-10(8)6-3-2-4-7(13)5-6/h2-5H,1H3. The number of rotatable bonds is 2. The minimum Gasteiger partial charge on any atom is -0.465 e. The molecule has 0 N–H and O–H groups in total. The molecular weight excluding hydrogens is 243 g/mol. The van der Waals surface area contributed by atoms with Crippen LogP contribution >= 0.6 is 0 Å². The van der Waals surface area contributed by atoms with E-state index >= 15 is 0 Å². The highest BCUT2D eigenvalue weighted by Crippen LogP contribution is 2.28. The third-order valence-electron chi connectivity index (χ3n) is 2.31. The van der Waals surface area contributed by atoms with Crippen LogP contribution in [0.5, 0.6) is 0 Å². The fourth-order valence-electron chi connectivity index (χ4n) is 1.52. The van der Waals surface area contributed by atoms with Crippen molar-refractivity contribution in [2.24, 2.45) is 0 Å². The van der Waals surface area contributed by atoms with Gasteiger partial charge in [-0.3, -0.25) is 4.79 Å². The molecule has 0 bridgehead atoms. The first kappa shape index (κ1) is 12.0. The van der Waals surface area contributed by atoms with E-state index in [1.54, 1.807) is 0 Å². The minimum atomic E-state index is -1.19. The zero-order chi connectivity index (χ0) is 13.3. The molecule has 0 unspecified atom stereocenters. The van der Waals surface area contributed by atoms with Gasteiger partial charge in [0, 0.05) is 5.56 Å². The molecule has 18 heavy (non-hydrogen) atoms. The second-order valence-electron chi connectivity index (χ2n) is 3.42. The van der Waals surface area contributed by atoms with Gasteiger partial charge in [0.05, 0.1) is 7.11 Å². The topological polar surface area (TPSA) is 69.7 Å². The average molecular weight is 250 g/mol. The molecule has 6 heteroatoms. The van der Waals surface area contributed by atoms with Crippen molar-refractivity contribution in [3.63, 3.8) is 0 Å². The lowest BCUT2D eigenvalue weighted by Crippen LogP contribution is -2.16. The average Bonchev–Trinajstić information content (AvgIpc) is 2.65. The number of cyclic esters (lactones) is 1. The second kappa shape index (κ2) is 4.40. The van der Waals surface area contributed by atoms with E-state index < -0.39 is 29.1 Å². The first-order valence-corrected chi connectivity index (χ1v) is 4.89. The Kier molecular flexibility index (Phi) is 2.93. The van der Waals surface area contributed by atoms with E-state index in [0.29, 0.717) is 0 Å². The Labute approximate surface area is 101 Å². The molecule has 0 saturated heterocycles. The molecule has 5 nitrogen and oxygen atoms in total. The molecule has 0 radical (unpaired) electrons. The van der Waals surface area contributed by atoms with Gasteiger partial charge in [-0.15, -0.1) is 0 Å². The number of halogens is 1. The van der Waals surface area contributed by atoms with Crippen LogP contribution in [0.4, 0.5) is 4.39 Å². The van der Waals surface area contributed by atoms with Gasteiger partial charge in [0.25, 0.3) is 5.78 Å². The lowest BCUT2D eigenvalue weighted by atomic mass is 10.1. The summed E-state index contributed by atoms with van der Waals surface area (Å²) < 4.78 is 22.1. The van der Waals surface area contributed by atoms with E-state index in [1.807, 2.05) is 0 Å². The lowest BCUT2D eigenvalue weighted by molar-refractivity contribution is -0.146. The van der Waals surface area contributed by atoms with Crippen LogP contribution in [-0.4, -0.2) is 24.8 Å². The van der Waals surface area contributed by atoms with Gasteiger partial charge in [-0.2, -0.15) is 0 Å². The molecule has 2 rings (SSSR count). The highest BCUT2D eigenvalue weighted by atomic mass is 19.1. The van der Waals surface area contributed by atoms with Crippen molar-refractivity contribution in [1.29, 1.82) is 0 Å². The van der Waals surface area contributed by atoms with Crippen LogP contribution in [0.2, 0.25) is 0 Å². The predicted octanol–water partition coefficient (Wildman–Crippen LogP) is 0.836. The van der Waals surface area contributed by atoms with Crippen molar-refractivity contribution < 1.29 is 28.2 Å². The van der Waals surface area contributed by atoms with Crippen molar-refractivity contribution in [2.75, 3.05) is 7.11 Å². The summed E-state index contributed by atoms with van der Waals surface area (Å²) in [4.78, 5) is 34.0. The largest absolute Gasteiger partial charge is 0.465 e. The van der Waals surface area contributed by atoms with E-state index in [-0.39, 0.29) is 11.3 Å². The monoisotopic (exact) mass is 250 g/mol. The van der Waals surface area contributed by atoms with Crippen molar-refractivity contribution >= 4 is 23.5 Å². The number of Topliss-reactive ketones (excluding diaryl/α,β-unsaturated/α-hetero) is 1. The van der Waals surface area contributed by atoms with Crippen molar-refractivity contribution in [2.45, 2.75) is 0 Å². The number of ether oxygens (including phenoxy) is 2. The zero-order valence-electron chi connectivity index (χ0n) is 9.23. The molecule has 0 aromatic heterocycles. The van der Waals surface area contributed by atoms with Gasteiger partial charge in [-0.05, 0) is 12.1 Å². The molecule has 0 atom stereocenters. The number of esters is 2. The van der Waals surface area contributed by atoms with Crippen molar-refractivity contribution in [1.82, 2.24) is 0 Å². The molecule has 0 aliphatic carbocycles. The molecule has 1 aromatic rings. The van der Waals surface area contributed by atoms with Crippen LogP contribution in [0, 0.1) is 5.82 Å². The zero-order valence-corrected chi connectivity index (χ0v) is 9.23. The van der Waals surface area contributed by atoms with E-state index in [9.17, 15) is 18.8 Å². The summed E-state index contributed by atoms with van der Waals surface area (Å²) in [6.07, 6.45) is 0. The summed E-state index contributed by atoms with van der Waals surface area (Å²) in [5.74, 6) is -4.14. The summed E-state index contributed by atoms with van der Waals surface area (Å²) in [5, 5.41) is 0. The number of ketones is 1. The fraction of sp³-hybridized carbons (Fsp3) is 0.0833. The molecule has 1 aromatic carbocycles. The van der Waals surface area contributed by atoms with E-state index in [1.165, 1.54) is 18.2 Å². The summed E-state index contributed by atoms with van der Waals surface area (Å²) in [6.45, 7) is 0. The van der Waals surface area contributed by atoms with Gasteiger partial charge in [0.1, 0.15) is 5.82 Å². The summed E-state index contributed by atoms with van der Waals surface area (Å²) in [7, 11) is 1.06. The van der Waals surface area contributed by atoms with Crippen LogP contribution in [0.3, 0.4) is 0 Å². The van der Waals surface area contributed by atoms with E-state index in [4.69, 9.17) is 0 Å². The van der Waals surface area contributed by atoms with Crippen LogP contribution in [0.1, 0.15) is 5.56 Å². The third-order valence-corrected chi connectivity index (χ3v) is 2.31. The Balaban J connectivity index is 2.58. The molecule has 0 amide bonds. The Morgan fingerprint density at radius 3 is 2.67 bits per heavy atom. The van der Waals surface area contributed by atoms with Crippen molar-refractivity contribution in [3.05, 3.63) is 41.2 Å². The molecule has 1 aliphatic heterocycles. The number of carbonyl (C=O) groups is 3. The van der Waals surface area contributed by atoms with Crippen molar-refractivity contribution in [3.8, 4) is 0 Å². The maximum absolute atomic E-state index is 13.1. The van der Waals surface area contributed by atoms with Gasteiger partial charge in [-0.1, -0.05) is 12.1 Å². The molecule has 0 spiro atoms. The number of hydrogen-bond acceptors (Lipinski definition) is 5. The lowest BCUT2D eigenvalue weighted by Gasteiger charge is -2.03. The Bertz CT molecular complexity index is 588. The maximum atomic E-state index is 13.1. The normalized spacial score (nSPS) is 14.8. The highest BCUT2D eigenvalue weighted by molar-refractivity contribution is 6.51. The number of carbonyl (C=O) groups excluding carboxylic acids is 3. The molecule has 1 heterocycles. The second-order valence-corrected chi connectivity index (χ2v) is 3.42. The Morgan fingerprint density at radius 2 is 2.06 bits per heavy atom. The van der Waals surface area contributed by atoms with Gasteiger partial charge < -0.3 is 9.47 Å². The van der Waals surface area contributed by atoms with Crippen LogP contribution in [0.15, 0.2) is 29.8 Å². The molecular formula is C12H7FO5. The molecule has 0 saturated carbocycles. The van der Waals surface area contributed by atoms with E-state index in [2.05, 4.69) is 9.47 Å². The van der Waals surface area contributed by atoms with Gasteiger partial charge >= 0.3 is 11.9 Å². The first-order chi connectivity index (χ1) is 8.54. The number of hydrogen-bond donors (Lipinski definition) is 0. The van der Waals surface area contributed by atoms with Gasteiger partial charge in [0.2, 0.25) is 0 Å². The van der Waals surface area contributed by atoms with E-state index in [0.717, 1.165) is 13.2 Å². The van der Waals surface area contributed by atoms with Gasteiger partial charge in [-0.25, -0.2) is 14.0 Å². The van der Waals surface area contributed by atoms with Gasteiger partial charge in [0.15, 0.2) is 11.3 Å². The number of benzene rings is 1. The predicted molar refractivity (Wildman–Crippen MR) is 56.4 cm³/mol. The van der Waals surface area contributed by atoms with Crippen LogP contribution < -0.4 is 0 Å². The summed E-state index contributed by atoms with van der Waals surface area (Å²) in [5.41, 5.74) is -0.400. The highest BCUT2D eigenvalue weighted by Gasteiger charge is 2.39. The molecule has 1 aliphatic rings. The minimum absolute atomic E-state index is 0.120. The Hall–Kier alpha value is -2.50. The first-order valence-electron chi connectivity index (χ1n) is 4.89. The maximum Gasteiger partial charge on any atom is 0.385 e. The third kappa shape index (κ3) is 1.88. The number of methoxy groups -OCH3 is 1. The quantitative estimate of drug-likeness (QED) is 0.442. The summed E-state index contributed by atoms with van der Waals surface area (Å²) >= 11 is 0. The summed E-state index contributed by atoms with van der Waals surface area (Å²) in [6, 6.07) is 5.00. The Morgan fingerprint density at radius 1 is 1.33 bits per heavy atom. The van der Waals surface area contributed by atoms with Crippen LogP contribution in [-0.2, 0) is 23.9 Å². The van der Waals surface area contributed by atoms with Crippen LogP contribution in [0.25, 0.3) is 5.76 Å². The SMILES string of the molecule is COC(=O)C1=C(c2cccc(F)c2)OC(=O)C1=O. The molecule has 0 fully saturated rings. The smallest absolute Gasteiger partial charge is 0.385 e. The molecule has 92 valence electrons.